The number of nitrogens with one attached hydrogen (secondary N) is 2. The topological polar surface area (TPSA) is 95.2 Å². The van der Waals surface area contributed by atoms with Gasteiger partial charge in [0.15, 0.2) is 5.78 Å². The minimum Gasteiger partial charge on any atom is -0.342 e. The first-order chi connectivity index (χ1) is 17.1. The van der Waals surface area contributed by atoms with Crippen LogP contribution in [0, 0.1) is 0 Å². The Kier molecular flexibility index (Phi) is 6.39. The number of benzene rings is 3. The van der Waals surface area contributed by atoms with Gasteiger partial charge in [-0.3, -0.25) is 14.4 Å². The zero-order valence-corrected chi connectivity index (χ0v) is 19.2. The monoisotopic (exact) mass is 466 g/mol. The Balaban J connectivity index is 1.26. The summed E-state index contributed by atoms with van der Waals surface area (Å²) in [6.45, 7) is 0.543. The summed E-state index contributed by atoms with van der Waals surface area (Å²) in [5, 5.41) is 2.91. The van der Waals surface area contributed by atoms with Crippen LogP contribution >= 0.6 is 0 Å². The Hall–Kier alpha value is -4.26. The number of H-pyrrole nitrogens is 1. The molecule has 0 radical (unpaired) electrons. The van der Waals surface area contributed by atoms with Crippen LogP contribution in [0.2, 0.25) is 0 Å². The fourth-order valence-electron chi connectivity index (χ4n) is 4.58. The second-order valence-corrected chi connectivity index (χ2v) is 8.68. The molecule has 0 aliphatic carbocycles. The minimum absolute atomic E-state index is 0.0725. The van der Waals surface area contributed by atoms with Crippen molar-refractivity contribution in [2.75, 3.05) is 11.9 Å². The number of aryl methyl sites for hydroxylation is 1. The van der Waals surface area contributed by atoms with Gasteiger partial charge in [-0.15, -0.1) is 0 Å². The molecule has 2 heterocycles. The van der Waals surface area contributed by atoms with Gasteiger partial charge in [0.25, 0.3) is 0 Å². The van der Waals surface area contributed by atoms with Crippen molar-refractivity contribution in [3.63, 3.8) is 0 Å². The van der Waals surface area contributed by atoms with Crippen LogP contribution in [0.1, 0.15) is 41.0 Å². The summed E-state index contributed by atoms with van der Waals surface area (Å²) in [5.74, 6) is 0.254. The summed E-state index contributed by atoms with van der Waals surface area (Å²) in [6, 6.07) is 23.1. The van der Waals surface area contributed by atoms with Crippen LogP contribution in [0.5, 0.6) is 0 Å². The third-order valence-electron chi connectivity index (χ3n) is 6.36. The fourth-order valence-corrected chi connectivity index (χ4v) is 4.58. The summed E-state index contributed by atoms with van der Waals surface area (Å²) in [6.07, 6.45) is 2.11. The molecular formula is C28H26N4O3. The molecule has 176 valence electrons. The van der Waals surface area contributed by atoms with E-state index in [0.29, 0.717) is 36.2 Å². The second-order valence-electron chi connectivity index (χ2n) is 8.68. The van der Waals surface area contributed by atoms with Gasteiger partial charge in [-0.25, -0.2) is 4.98 Å². The van der Waals surface area contributed by atoms with Crippen molar-refractivity contribution in [3.8, 4) is 0 Å². The Morgan fingerprint density at radius 1 is 0.943 bits per heavy atom. The van der Waals surface area contributed by atoms with E-state index in [1.807, 2.05) is 42.5 Å². The number of carbonyl (C=O) groups is 3. The lowest BCUT2D eigenvalue weighted by atomic mass is 10.0. The average molecular weight is 467 g/mol. The predicted octanol–water partition coefficient (Wildman–Crippen LogP) is 4.36. The SMILES string of the molecule is O=C(c1ccccc1)c1ccccc1NC(=O)[C@@H]1CCCN1C(=O)CCc1nc2ccccc2[nH]1. The van der Waals surface area contributed by atoms with E-state index in [1.54, 1.807) is 41.3 Å². The van der Waals surface area contributed by atoms with Crippen LogP contribution in [0.15, 0.2) is 78.9 Å². The lowest BCUT2D eigenvalue weighted by Crippen LogP contribution is -2.43. The number of hydrogen-bond donors (Lipinski definition) is 2. The van der Waals surface area contributed by atoms with Gasteiger partial charge in [-0.05, 0) is 37.1 Å². The number of aromatic amines is 1. The van der Waals surface area contributed by atoms with Crippen molar-refractivity contribution in [1.82, 2.24) is 14.9 Å². The molecule has 7 nitrogen and oxygen atoms in total. The quantitative estimate of drug-likeness (QED) is 0.396. The van der Waals surface area contributed by atoms with Crippen LogP contribution in [-0.4, -0.2) is 45.1 Å². The zero-order valence-electron chi connectivity index (χ0n) is 19.2. The number of carbonyl (C=O) groups excluding carboxylic acids is 3. The molecule has 3 aromatic carbocycles. The third kappa shape index (κ3) is 4.84. The lowest BCUT2D eigenvalue weighted by molar-refractivity contribution is -0.136. The van der Waals surface area contributed by atoms with Crippen LogP contribution in [0.4, 0.5) is 5.69 Å². The number of ketones is 1. The maximum Gasteiger partial charge on any atom is 0.247 e. The highest BCUT2D eigenvalue weighted by atomic mass is 16.2. The maximum absolute atomic E-state index is 13.2. The molecule has 7 heteroatoms. The van der Waals surface area contributed by atoms with E-state index < -0.39 is 6.04 Å². The Bertz CT molecular complexity index is 1350. The molecule has 2 amide bonds. The fraction of sp³-hybridized carbons (Fsp3) is 0.214. The first-order valence-electron chi connectivity index (χ1n) is 11.8. The molecule has 1 atom stereocenters. The molecule has 1 saturated heterocycles. The van der Waals surface area contributed by atoms with Crippen molar-refractivity contribution in [3.05, 3.63) is 95.8 Å². The Labute approximate surface area is 203 Å². The molecule has 1 aliphatic heterocycles. The molecule has 35 heavy (non-hydrogen) atoms. The van der Waals surface area contributed by atoms with Gasteiger partial charge in [-0.2, -0.15) is 0 Å². The van der Waals surface area contributed by atoms with E-state index in [-0.39, 0.29) is 24.0 Å². The summed E-state index contributed by atoms with van der Waals surface area (Å²) < 4.78 is 0. The standard InChI is InChI=1S/C28H26N4O3/c33-26(17-16-25-29-22-13-6-7-14-23(22)30-25)32-18-8-15-24(32)28(35)31-21-12-5-4-11-20(21)27(34)19-9-2-1-3-10-19/h1-7,9-14,24H,8,15-18H2,(H,29,30)(H,31,35)/t24-/m0/s1. The maximum atomic E-state index is 13.2. The Morgan fingerprint density at radius 2 is 1.69 bits per heavy atom. The molecule has 0 saturated carbocycles. The first-order valence-corrected chi connectivity index (χ1v) is 11.8. The number of aromatic nitrogens is 2. The summed E-state index contributed by atoms with van der Waals surface area (Å²) in [4.78, 5) is 48.6. The van der Waals surface area contributed by atoms with Gasteiger partial charge in [0.2, 0.25) is 11.8 Å². The molecule has 1 aliphatic rings. The van der Waals surface area contributed by atoms with E-state index in [9.17, 15) is 14.4 Å². The molecule has 4 aromatic rings. The molecule has 1 aromatic heterocycles. The smallest absolute Gasteiger partial charge is 0.247 e. The third-order valence-corrected chi connectivity index (χ3v) is 6.36. The summed E-state index contributed by atoms with van der Waals surface area (Å²) in [7, 11) is 0. The van der Waals surface area contributed by atoms with E-state index in [0.717, 1.165) is 23.3 Å². The highest BCUT2D eigenvalue weighted by molar-refractivity contribution is 6.14. The zero-order chi connectivity index (χ0) is 24.2. The Morgan fingerprint density at radius 3 is 2.51 bits per heavy atom. The summed E-state index contributed by atoms with van der Waals surface area (Å²) in [5.41, 5.74) is 3.24. The van der Waals surface area contributed by atoms with Gasteiger partial charge in [0.05, 0.1) is 16.7 Å². The number of anilines is 1. The van der Waals surface area contributed by atoms with Crippen molar-refractivity contribution < 1.29 is 14.4 Å². The largest absolute Gasteiger partial charge is 0.342 e. The predicted molar refractivity (Wildman–Crippen MR) is 134 cm³/mol. The van der Waals surface area contributed by atoms with E-state index >= 15 is 0 Å². The van der Waals surface area contributed by atoms with Crippen molar-refractivity contribution >= 4 is 34.3 Å². The van der Waals surface area contributed by atoms with Gasteiger partial charge < -0.3 is 15.2 Å². The van der Waals surface area contributed by atoms with Crippen LogP contribution in [0.3, 0.4) is 0 Å². The average Bonchev–Trinajstić information content (AvgIpc) is 3.55. The molecule has 0 spiro atoms. The molecular weight excluding hydrogens is 440 g/mol. The van der Waals surface area contributed by atoms with Gasteiger partial charge >= 0.3 is 0 Å². The lowest BCUT2D eigenvalue weighted by Gasteiger charge is -2.24. The van der Waals surface area contributed by atoms with E-state index in [4.69, 9.17) is 0 Å². The molecule has 2 N–H and O–H groups in total. The van der Waals surface area contributed by atoms with Crippen molar-refractivity contribution in [1.29, 1.82) is 0 Å². The number of hydrogen-bond acceptors (Lipinski definition) is 4. The highest BCUT2D eigenvalue weighted by Crippen LogP contribution is 2.24. The van der Waals surface area contributed by atoms with Gasteiger partial charge in [0, 0.05) is 30.5 Å². The molecule has 5 rings (SSSR count). The van der Waals surface area contributed by atoms with Gasteiger partial charge in [-0.1, -0.05) is 54.6 Å². The van der Waals surface area contributed by atoms with E-state index in [2.05, 4.69) is 15.3 Å². The van der Waals surface area contributed by atoms with Crippen LogP contribution in [-0.2, 0) is 16.0 Å². The number of imidazole rings is 1. The number of fused-ring (bicyclic) bond motifs is 1. The number of nitrogens with zero attached hydrogens (tertiary/aromatic N) is 2. The number of amides is 2. The normalized spacial score (nSPS) is 15.3. The highest BCUT2D eigenvalue weighted by Gasteiger charge is 2.34. The molecule has 1 fully saturated rings. The number of rotatable bonds is 7. The summed E-state index contributed by atoms with van der Waals surface area (Å²) >= 11 is 0. The number of likely N-dealkylation sites (tertiary alicyclic amines) is 1. The van der Waals surface area contributed by atoms with E-state index in [1.165, 1.54) is 0 Å². The van der Waals surface area contributed by atoms with Crippen molar-refractivity contribution in [2.45, 2.75) is 31.7 Å². The molecule has 0 unspecified atom stereocenters. The van der Waals surface area contributed by atoms with Gasteiger partial charge in [0.1, 0.15) is 11.9 Å². The van der Waals surface area contributed by atoms with Crippen molar-refractivity contribution in [2.24, 2.45) is 0 Å². The molecule has 0 bridgehead atoms. The van der Waals surface area contributed by atoms with Crippen LogP contribution in [0.25, 0.3) is 11.0 Å². The second kappa shape index (κ2) is 9.93. The minimum atomic E-state index is -0.557. The first kappa shape index (κ1) is 22.5. The van der Waals surface area contributed by atoms with Crippen LogP contribution < -0.4 is 5.32 Å². The number of para-hydroxylation sites is 3.